The quantitative estimate of drug-likeness (QED) is 0.441. The van der Waals surface area contributed by atoms with Gasteiger partial charge in [0.25, 0.3) is 0 Å². The van der Waals surface area contributed by atoms with Gasteiger partial charge in [0, 0.05) is 37.0 Å². The van der Waals surface area contributed by atoms with Crippen LogP contribution in [0.5, 0.6) is 0 Å². The second-order valence-electron chi connectivity index (χ2n) is 11.2. The monoisotopic (exact) mass is 529 g/mol. The van der Waals surface area contributed by atoms with Crippen molar-refractivity contribution >= 4 is 6.09 Å². The second-order valence-corrected chi connectivity index (χ2v) is 11.2. The van der Waals surface area contributed by atoms with Gasteiger partial charge in [0.05, 0.1) is 29.1 Å². The summed E-state index contributed by atoms with van der Waals surface area (Å²) in [5.74, 6) is 0.446. The largest absolute Gasteiger partial charge is 0.444 e. The summed E-state index contributed by atoms with van der Waals surface area (Å²) in [5.41, 5.74) is 3.49. The number of benzene rings is 1. The van der Waals surface area contributed by atoms with Crippen LogP contribution in [0.25, 0.3) is 11.4 Å². The third-order valence-electron chi connectivity index (χ3n) is 5.76. The number of nitrogens with zero attached hydrogens (tertiary/aromatic N) is 6. The van der Waals surface area contributed by atoms with Crippen LogP contribution >= 0.6 is 0 Å². The number of carbonyl (C=O) groups is 1. The van der Waals surface area contributed by atoms with Gasteiger partial charge in [0.1, 0.15) is 18.3 Å². The van der Waals surface area contributed by atoms with Crippen LogP contribution in [-0.2, 0) is 28.4 Å². The summed E-state index contributed by atoms with van der Waals surface area (Å²) in [4.78, 5) is 21.0. The molecule has 0 spiro atoms. The van der Waals surface area contributed by atoms with E-state index >= 15 is 0 Å². The minimum Gasteiger partial charge on any atom is -0.444 e. The molecular weight excluding hydrogens is 494 g/mol. The average molecular weight is 530 g/mol. The van der Waals surface area contributed by atoms with Crippen LogP contribution in [-0.4, -0.2) is 44.6 Å². The first kappa shape index (κ1) is 29.3. The van der Waals surface area contributed by atoms with Crippen molar-refractivity contribution < 1.29 is 14.3 Å². The molecule has 2 heterocycles. The fourth-order valence-electron chi connectivity index (χ4n) is 3.85. The summed E-state index contributed by atoms with van der Waals surface area (Å²) in [5, 5.41) is 26.3. The molecule has 10 nitrogen and oxygen atoms in total. The van der Waals surface area contributed by atoms with Gasteiger partial charge in [-0.2, -0.15) is 15.6 Å². The minimum absolute atomic E-state index is 0.151. The Kier molecular flexibility index (Phi) is 9.05. The van der Waals surface area contributed by atoms with Crippen molar-refractivity contribution in [2.24, 2.45) is 7.05 Å². The number of aryl methyl sites for hydroxylation is 1. The van der Waals surface area contributed by atoms with E-state index in [1.54, 1.807) is 35.3 Å². The third kappa shape index (κ3) is 7.86. The maximum Gasteiger partial charge on any atom is 0.407 e. The number of carbonyl (C=O) groups excluding carboxylic acids is 1. The first-order valence-corrected chi connectivity index (χ1v) is 12.7. The number of rotatable bonds is 8. The molecule has 1 amide bonds. The van der Waals surface area contributed by atoms with E-state index in [0.717, 1.165) is 17.0 Å². The van der Waals surface area contributed by atoms with E-state index in [-0.39, 0.29) is 12.0 Å². The molecule has 3 rings (SSSR count). The summed E-state index contributed by atoms with van der Waals surface area (Å²) in [6.45, 7) is 11.9. The molecule has 0 radical (unpaired) electrons. The molecule has 1 aromatic carbocycles. The van der Waals surface area contributed by atoms with E-state index < -0.39 is 17.8 Å². The zero-order valence-electron chi connectivity index (χ0n) is 23.6. The molecule has 0 aliphatic rings. The van der Waals surface area contributed by atoms with Crippen LogP contribution < -0.4 is 5.32 Å². The predicted molar refractivity (Wildman–Crippen MR) is 145 cm³/mol. The fraction of sp³-hybridized carbons (Fsp3) is 0.448. The van der Waals surface area contributed by atoms with Crippen molar-refractivity contribution in [3.63, 3.8) is 0 Å². The van der Waals surface area contributed by atoms with Crippen LogP contribution in [0.2, 0.25) is 0 Å². The number of ether oxygens (including phenoxy) is 2. The Bertz CT molecular complexity index is 1380. The molecule has 0 aliphatic heterocycles. The van der Waals surface area contributed by atoms with E-state index in [2.05, 4.69) is 47.2 Å². The van der Waals surface area contributed by atoms with Gasteiger partial charge in [-0.1, -0.05) is 20.8 Å². The lowest BCUT2D eigenvalue weighted by Crippen LogP contribution is -2.33. The zero-order valence-corrected chi connectivity index (χ0v) is 23.6. The summed E-state index contributed by atoms with van der Waals surface area (Å²) in [7, 11) is 1.83. The van der Waals surface area contributed by atoms with Crippen molar-refractivity contribution in [2.75, 3.05) is 13.2 Å². The molecule has 204 valence electrons. The Morgan fingerprint density at radius 1 is 1.10 bits per heavy atom. The number of nitriles is 2. The predicted octanol–water partition coefficient (Wildman–Crippen LogP) is 4.74. The summed E-state index contributed by atoms with van der Waals surface area (Å²) >= 11 is 0. The lowest BCUT2D eigenvalue weighted by Gasteiger charge is -2.20. The molecule has 0 aliphatic carbocycles. The topological polar surface area (TPSA) is 139 Å². The molecule has 0 saturated heterocycles. The molecule has 0 bridgehead atoms. The van der Waals surface area contributed by atoms with Crippen LogP contribution in [0, 0.1) is 22.7 Å². The Balaban J connectivity index is 1.93. The molecule has 1 atom stereocenters. The van der Waals surface area contributed by atoms with Crippen LogP contribution in [0.1, 0.15) is 75.7 Å². The Labute approximate surface area is 229 Å². The van der Waals surface area contributed by atoms with Gasteiger partial charge in [-0.3, -0.25) is 4.68 Å². The first-order valence-electron chi connectivity index (χ1n) is 12.7. The molecule has 1 N–H and O–H groups in total. The van der Waals surface area contributed by atoms with E-state index in [0.29, 0.717) is 35.5 Å². The molecule has 3 aromatic rings. The second kappa shape index (κ2) is 12.1. The molecule has 0 saturated carbocycles. The number of aromatic nitrogens is 4. The fourth-order valence-corrected chi connectivity index (χ4v) is 3.85. The summed E-state index contributed by atoms with van der Waals surface area (Å²) in [6.07, 6.45) is 2.78. The number of amides is 1. The molecule has 1 unspecified atom stereocenters. The first-order chi connectivity index (χ1) is 18.3. The highest BCUT2D eigenvalue weighted by atomic mass is 16.6. The summed E-state index contributed by atoms with van der Waals surface area (Å²) < 4.78 is 13.0. The summed E-state index contributed by atoms with van der Waals surface area (Å²) in [6, 6.07) is 11.4. The van der Waals surface area contributed by atoms with Gasteiger partial charge in [0.2, 0.25) is 0 Å². The van der Waals surface area contributed by atoms with E-state index in [4.69, 9.17) is 9.47 Å². The Hall–Kier alpha value is -4.28. The van der Waals surface area contributed by atoms with Gasteiger partial charge < -0.3 is 14.8 Å². The average Bonchev–Trinajstić information content (AvgIpc) is 3.25. The van der Waals surface area contributed by atoms with Crippen molar-refractivity contribution in [3.8, 4) is 23.5 Å². The Morgan fingerprint density at radius 3 is 2.36 bits per heavy atom. The molecular formula is C29H35N7O3. The van der Waals surface area contributed by atoms with Crippen LogP contribution in [0.3, 0.4) is 0 Å². The zero-order chi connectivity index (χ0) is 28.8. The van der Waals surface area contributed by atoms with Crippen LogP contribution in [0.4, 0.5) is 4.79 Å². The lowest BCUT2D eigenvalue weighted by atomic mass is 9.91. The number of nitrogens with one attached hydrogen (secondary N) is 1. The SMILES string of the molecule is Cn1nc(C(C)(C)C)cc1C(OCC#N)c1cc(C#N)ccc1-c1ncc(CCNC(=O)OC(C)(C)C)cn1. The van der Waals surface area contributed by atoms with Crippen LogP contribution in [0.15, 0.2) is 36.7 Å². The van der Waals surface area contributed by atoms with Crippen molar-refractivity contribution in [1.29, 1.82) is 10.5 Å². The lowest BCUT2D eigenvalue weighted by molar-refractivity contribution is 0.0528. The van der Waals surface area contributed by atoms with Gasteiger partial charge >= 0.3 is 6.09 Å². The highest BCUT2D eigenvalue weighted by Crippen LogP contribution is 2.35. The smallest absolute Gasteiger partial charge is 0.407 e. The normalized spacial score (nSPS) is 12.3. The van der Waals surface area contributed by atoms with E-state index in [1.807, 2.05) is 40.0 Å². The minimum atomic E-state index is -0.678. The van der Waals surface area contributed by atoms with E-state index in [1.165, 1.54) is 0 Å². The van der Waals surface area contributed by atoms with Gasteiger partial charge in [-0.25, -0.2) is 14.8 Å². The highest BCUT2D eigenvalue weighted by Gasteiger charge is 2.27. The third-order valence-corrected chi connectivity index (χ3v) is 5.76. The van der Waals surface area contributed by atoms with Gasteiger partial charge in [0.15, 0.2) is 5.82 Å². The van der Waals surface area contributed by atoms with Gasteiger partial charge in [-0.15, -0.1) is 0 Å². The van der Waals surface area contributed by atoms with E-state index in [9.17, 15) is 15.3 Å². The van der Waals surface area contributed by atoms with Crippen molar-refractivity contribution in [3.05, 3.63) is 64.7 Å². The molecule has 0 fully saturated rings. The van der Waals surface area contributed by atoms with Crippen molar-refractivity contribution in [2.45, 2.75) is 65.1 Å². The molecule has 39 heavy (non-hydrogen) atoms. The Morgan fingerprint density at radius 2 is 1.79 bits per heavy atom. The van der Waals surface area contributed by atoms with Crippen molar-refractivity contribution in [1.82, 2.24) is 25.1 Å². The number of alkyl carbamates (subject to hydrolysis) is 1. The number of hydrogen-bond acceptors (Lipinski definition) is 8. The maximum absolute atomic E-state index is 11.9. The standard InChI is InChI=1S/C29H35N7O3/c1-28(2,3)24-15-23(36(7)35-24)25(38-13-11-30)22-14-19(16-31)8-9-21(22)26-33-17-20(18-34-26)10-12-32-27(37)39-29(4,5)6/h8-9,14-15,17-18,25H,10,12-13H2,1-7H3,(H,32,37). The maximum atomic E-state index is 11.9. The molecule has 2 aromatic heterocycles. The molecule has 10 heteroatoms. The van der Waals surface area contributed by atoms with Gasteiger partial charge in [-0.05, 0) is 62.6 Å². The highest BCUT2D eigenvalue weighted by molar-refractivity contribution is 5.67. The number of hydrogen-bond donors (Lipinski definition) is 1.